The molecule has 0 N–H and O–H groups in total. The van der Waals surface area contributed by atoms with E-state index in [-0.39, 0.29) is 5.97 Å². The van der Waals surface area contributed by atoms with Crippen LogP contribution >= 0.6 is 0 Å². The first-order valence-corrected chi connectivity index (χ1v) is 13.0. The molecule has 4 heteroatoms. The zero-order valence-electron chi connectivity index (χ0n) is 21.9. The second-order valence-electron chi connectivity index (χ2n) is 10.0. The topological polar surface area (TPSA) is 36.2 Å². The van der Waals surface area contributed by atoms with Crippen molar-refractivity contribution < 1.29 is 9.53 Å². The standard InChI is InChI=1S/C34H30N2O2/c1-23-14-16-31-28(18-23)30(22-35(31)20-26-10-6-4-7-11-26)33-34(38-25(3)37)29-19-24(2)15-17-32(29)36(33)21-27-12-8-5-9-13-27/h4-19,22H,20-21H2,1-3H3. The average Bonchev–Trinajstić information content (AvgIpc) is 3.39. The molecule has 0 unspecified atom stereocenters. The van der Waals surface area contributed by atoms with E-state index >= 15 is 0 Å². The van der Waals surface area contributed by atoms with Crippen LogP contribution in [0.5, 0.6) is 5.75 Å². The lowest BCUT2D eigenvalue weighted by Crippen LogP contribution is -2.05. The van der Waals surface area contributed by atoms with E-state index in [9.17, 15) is 4.79 Å². The summed E-state index contributed by atoms with van der Waals surface area (Å²) < 4.78 is 10.6. The Balaban J connectivity index is 1.66. The molecule has 0 atom stereocenters. The van der Waals surface area contributed by atoms with Crippen LogP contribution in [0.15, 0.2) is 103 Å². The number of hydrogen-bond donors (Lipinski definition) is 0. The van der Waals surface area contributed by atoms with Gasteiger partial charge in [0.25, 0.3) is 0 Å². The van der Waals surface area contributed by atoms with E-state index in [1.54, 1.807) is 0 Å². The molecule has 4 nitrogen and oxygen atoms in total. The van der Waals surface area contributed by atoms with E-state index in [4.69, 9.17) is 4.74 Å². The normalized spacial score (nSPS) is 11.3. The Labute approximate surface area is 222 Å². The Hall–Kier alpha value is -4.57. The van der Waals surface area contributed by atoms with Gasteiger partial charge in [0.05, 0.1) is 11.2 Å². The van der Waals surface area contributed by atoms with Gasteiger partial charge in [0.15, 0.2) is 5.75 Å². The van der Waals surface area contributed by atoms with E-state index in [1.807, 2.05) is 12.1 Å². The number of aromatic nitrogens is 2. The largest absolute Gasteiger partial charge is 0.424 e. The Morgan fingerprint density at radius 3 is 1.92 bits per heavy atom. The average molecular weight is 499 g/mol. The van der Waals surface area contributed by atoms with Crippen molar-refractivity contribution in [2.75, 3.05) is 0 Å². The summed E-state index contributed by atoms with van der Waals surface area (Å²) in [5.41, 5.74) is 8.90. The summed E-state index contributed by atoms with van der Waals surface area (Å²) in [7, 11) is 0. The second kappa shape index (κ2) is 9.71. The van der Waals surface area contributed by atoms with E-state index in [0.29, 0.717) is 12.3 Å². The van der Waals surface area contributed by atoms with Gasteiger partial charge in [-0.2, -0.15) is 0 Å². The maximum Gasteiger partial charge on any atom is 0.308 e. The van der Waals surface area contributed by atoms with Gasteiger partial charge >= 0.3 is 5.97 Å². The van der Waals surface area contributed by atoms with Crippen LogP contribution in [0.1, 0.15) is 29.2 Å². The van der Waals surface area contributed by atoms with Gasteiger partial charge in [0.2, 0.25) is 0 Å². The molecule has 0 amide bonds. The first-order valence-electron chi connectivity index (χ1n) is 13.0. The molecule has 0 aliphatic rings. The van der Waals surface area contributed by atoms with Crippen LogP contribution in [-0.4, -0.2) is 15.1 Å². The third-order valence-electron chi connectivity index (χ3n) is 7.09. The van der Waals surface area contributed by atoms with Crippen LogP contribution in [0, 0.1) is 13.8 Å². The van der Waals surface area contributed by atoms with Gasteiger partial charge in [-0.15, -0.1) is 0 Å². The number of benzene rings is 4. The third-order valence-corrected chi connectivity index (χ3v) is 7.09. The summed E-state index contributed by atoms with van der Waals surface area (Å²) in [6.45, 7) is 7.08. The first-order chi connectivity index (χ1) is 18.5. The zero-order chi connectivity index (χ0) is 26.2. The minimum atomic E-state index is -0.323. The number of ether oxygens (including phenoxy) is 1. The number of rotatable bonds is 6. The molecule has 0 radical (unpaired) electrons. The van der Waals surface area contributed by atoms with Crippen LogP contribution in [0.25, 0.3) is 33.1 Å². The molecule has 38 heavy (non-hydrogen) atoms. The molecule has 0 saturated heterocycles. The second-order valence-corrected chi connectivity index (χ2v) is 10.0. The van der Waals surface area contributed by atoms with E-state index in [1.165, 1.54) is 23.6 Å². The highest BCUT2D eigenvalue weighted by Crippen LogP contribution is 2.44. The zero-order valence-corrected chi connectivity index (χ0v) is 21.9. The summed E-state index contributed by atoms with van der Waals surface area (Å²) >= 11 is 0. The van der Waals surface area contributed by atoms with Gasteiger partial charge in [0, 0.05) is 48.1 Å². The number of fused-ring (bicyclic) bond motifs is 2. The van der Waals surface area contributed by atoms with Gasteiger partial charge in [-0.25, -0.2) is 0 Å². The van der Waals surface area contributed by atoms with Crippen molar-refractivity contribution in [2.45, 2.75) is 33.9 Å². The Morgan fingerprint density at radius 2 is 1.29 bits per heavy atom. The molecule has 0 spiro atoms. The number of esters is 1. The van der Waals surface area contributed by atoms with Gasteiger partial charge < -0.3 is 13.9 Å². The van der Waals surface area contributed by atoms with Crippen molar-refractivity contribution in [3.05, 3.63) is 126 Å². The predicted octanol–water partition coefficient (Wildman–Crippen LogP) is 7.90. The minimum Gasteiger partial charge on any atom is -0.424 e. The van der Waals surface area contributed by atoms with Crippen LogP contribution in [-0.2, 0) is 17.9 Å². The molecule has 0 aliphatic carbocycles. The molecular weight excluding hydrogens is 468 g/mol. The molecular formula is C34H30N2O2. The van der Waals surface area contributed by atoms with Gasteiger partial charge in [-0.3, -0.25) is 4.79 Å². The Kier molecular flexibility index (Phi) is 6.09. The first kappa shape index (κ1) is 23.8. The Bertz CT molecular complexity index is 1780. The number of aryl methyl sites for hydroxylation is 2. The third kappa shape index (κ3) is 4.39. The summed E-state index contributed by atoms with van der Waals surface area (Å²) in [5, 5.41) is 2.09. The van der Waals surface area contributed by atoms with E-state index < -0.39 is 0 Å². The molecule has 0 saturated carbocycles. The predicted molar refractivity (Wildman–Crippen MR) is 155 cm³/mol. The summed E-state index contributed by atoms with van der Waals surface area (Å²) in [4.78, 5) is 12.4. The molecule has 6 rings (SSSR count). The maximum atomic E-state index is 12.4. The fraction of sp³-hybridized carbons (Fsp3) is 0.147. The molecule has 6 aromatic rings. The van der Waals surface area contributed by atoms with Gasteiger partial charge in [-0.05, 0) is 49.2 Å². The van der Waals surface area contributed by atoms with Crippen LogP contribution in [0.3, 0.4) is 0 Å². The number of carbonyl (C=O) groups is 1. The highest BCUT2D eigenvalue weighted by atomic mass is 16.5. The molecule has 4 aromatic carbocycles. The molecule has 2 aromatic heterocycles. The van der Waals surface area contributed by atoms with Crippen LogP contribution in [0.4, 0.5) is 0 Å². The van der Waals surface area contributed by atoms with Crippen molar-refractivity contribution in [1.29, 1.82) is 0 Å². The monoisotopic (exact) mass is 498 g/mol. The van der Waals surface area contributed by atoms with Crippen molar-refractivity contribution in [1.82, 2.24) is 9.13 Å². The number of hydrogen-bond acceptors (Lipinski definition) is 2. The van der Waals surface area contributed by atoms with Gasteiger partial charge in [0.1, 0.15) is 0 Å². The molecule has 0 bridgehead atoms. The van der Waals surface area contributed by atoms with E-state index in [0.717, 1.165) is 45.2 Å². The van der Waals surface area contributed by atoms with Crippen LogP contribution in [0.2, 0.25) is 0 Å². The van der Waals surface area contributed by atoms with E-state index in [2.05, 4.69) is 114 Å². The van der Waals surface area contributed by atoms with Gasteiger partial charge in [-0.1, -0.05) is 83.9 Å². The lowest BCUT2D eigenvalue weighted by molar-refractivity contribution is -0.131. The molecule has 0 aliphatic heterocycles. The molecule has 0 fully saturated rings. The number of nitrogens with zero attached hydrogens (tertiary/aromatic N) is 2. The van der Waals surface area contributed by atoms with Crippen molar-refractivity contribution in [2.24, 2.45) is 0 Å². The molecule has 2 heterocycles. The van der Waals surface area contributed by atoms with Crippen molar-refractivity contribution in [3.63, 3.8) is 0 Å². The summed E-state index contributed by atoms with van der Waals surface area (Å²) in [6, 6.07) is 33.9. The van der Waals surface area contributed by atoms with Crippen molar-refractivity contribution in [3.8, 4) is 17.0 Å². The minimum absolute atomic E-state index is 0.323. The molecule has 188 valence electrons. The van der Waals surface area contributed by atoms with Crippen molar-refractivity contribution >= 4 is 27.8 Å². The lowest BCUT2D eigenvalue weighted by atomic mass is 10.1. The quantitative estimate of drug-likeness (QED) is 0.219. The highest BCUT2D eigenvalue weighted by molar-refractivity contribution is 6.04. The summed E-state index contributed by atoms with van der Waals surface area (Å²) in [6.07, 6.45) is 2.21. The lowest BCUT2D eigenvalue weighted by Gasteiger charge is -2.12. The fourth-order valence-corrected chi connectivity index (χ4v) is 5.39. The fourth-order valence-electron chi connectivity index (χ4n) is 5.39. The maximum absolute atomic E-state index is 12.4. The van der Waals surface area contributed by atoms with Crippen LogP contribution < -0.4 is 4.74 Å². The SMILES string of the molecule is CC(=O)Oc1c(-c2cn(Cc3ccccc3)c3ccc(C)cc23)n(Cc2ccccc2)c2ccc(C)cc12. The number of carbonyl (C=O) groups excluding carboxylic acids is 1. The highest BCUT2D eigenvalue weighted by Gasteiger charge is 2.25. The smallest absolute Gasteiger partial charge is 0.308 e. The Morgan fingerprint density at radius 1 is 0.711 bits per heavy atom. The summed E-state index contributed by atoms with van der Waals surface area (Å²) in [5.74, 6) is 0.295.